The first-order chi connectivity index (χ1) is 9.36. The van der Waals surface area contributed by atoms with E-state index >= 15 is 0 Å². The van der Waals surface area contributed by atoms with Gasteiger partial charge in [0.05, 0.1) is 11.5 Å². The van der Waals surface area contributed by atoms with Gasteiger partial charge >= 0.3 is 5.97 Å². The Morgan fingerprint density at radius 2 is 1.60 bits per heavy atom. The Morgan fingerprint density at radius 1 is 1.00 bits per heavy atom. The van der Waals surface area contributed by atoms with Gasteiger partial charge in [-0.3, -0.25) is 4.79 Å². The Kier molecular flexibility index (Phi) is 2.62. The van der Waals surface area contributed by atoms with Crippen molar-refractivity contribution in [3.8, 4) is 0 Å². The average Bonchev–Trinajstić information content (AvgIpc) is 3.03. The molecule has 1 N–H and O–H groups in total. The molecule has 112 valence electrons. The molecule has 4 aliphatic carbocycles. The molecule has 8 unspecified atom stereocenters. The van der Waals surface area contributed by atoms with Crippen LogP contribution in [0, 0.1) is 40.9 Å². The molecule has 8 atom stereocenters. The first kappa shape index (κ1) is 13.1. The molecule has 4 saturated carbocycles. The van der Waals surface area contributed by atoms with E-state index in [2.05, 4.69) is 0 Å². The highest BCUT2D eigenvalue weighted by Gasteiger charge is 2.65. The Morgan fingerprint density at radius 3 is 2.30 bits per heavy atom. The summed E-state index contributed by atoms with van der Waals surface area (Å²) in [5.74, 6) is 3.96. The van der Waals surface area contributed by atoms with Crippen molar-refractivity contribution in [2.75, 3.05) is 0 Å². The van der Waals surface area contributed by atoms with Gasteiger partial charge in [0, 0.05) is 0 Å². The summed E-state index contributed by atoms with van der Waals surface area (Å²) in [4.78, 5) is 12.1. The lowest BCUT2D eigenvalue weighted by Crippen LogP contribution is -2.41. The van der Waals surface area contributed by atoms with E-state index in [1.807, 2.05) is 20.8 Å². The van der Waals surface area contributed by atoms with Crippen LogP contribution in [-0.4, -0.2) is 23.3 Å². The van der Waals surface area contributed by atoms with Crippen LogP contribution in [0.1, 0.15) is 46.5 Å². The molecule has 0 heterocycles. The maximum Gasteiger partial charge on any atom is 0.311 e. The molecule has 0 spiro atoms. The molecule has 0 amide bonds. The summed E-state index contributed by atoms with van der Waals surface area (Å²) in [7, 11) is 0. The van der Waals surface area contributed by atoms with Crippen LogP contribution in [0.25, 0.3) is 0 Å². The first-order valence-corrected chi connectivity index (χ1v) is 8.25. The van der Waals surface area contributed by atoms with Crippen LogP contribution in [0.5, 0.6) is 0 Å². The number of ether oxygens (including phenoxy) is 1. The first-order valence-electron chi connectivity index (χ1n) is 8.25. The summed E-state index contributed by atoms with van der Waals surface area (Å²) in [5, 5.41) is 10.1. The molecule has 0 aromatic rings. The Hall–Kier alpha value is -0.570. The van der Waals surface area contributed by atoms with Crippen molar-refractivity contribution in [2.24, 2.45) is 40.9 Å². The van der Waals surface area contributed by atoms with Gasteiger partial charge in [-0.2, -0.15) is 0 Å². The van der Waals surface area contributed by atoms with Gasteiger partial charge in [-0.1, -0.05) is 0 Å². The summed E-state index contributed by atoms with van der Waals surface area (Å²) in [6, 6.07) is 0. The van der Waals surface area contributed by atoms with Crippen molar-refractivity contribution in [3.63, 3.8) is 0 Å². The van der Waals surface area contributed by atoms with Crippen molar-refractivity contribution in [3.05, 3.63) is 0 Å². The van der Waals surface area contributed by atoms with E-state index in [4.69, 9.17) is 4.74 Å². The van der Waals surface area contributed by atoms with Gasteiger partial charge in [-0.15, -0.1) is 0 Å². The zero-order valence-corrected chi connectivity index (χ0v) is 12.7. The second-order valence-corrected chi connectivity index (χ2v) is 8.71. The van der Waals surface area contributed by atoms with Crippen LogP contribution in [0.3, 0.4) is 0 Å². The summed E-state index contributed by atoms with van der Waals surface area (Å²) >= 11 is 0. The number of carbonyl (C=O) groups is 1. The van der Waals surface area contributed by atoms with Gasteiger partial charge in [0.1, 0.15) is 6.10 Å². The minimum atomic E-state index is -0.397. The number of fused-ring (bicyclic) bond motifs is 9. The molecule has 0 aromatic carbocycles. The minimum absolute atomic E-state index is 0.0452. The predicted octanol–water partition coefficient (Wildman–Crippen LogP) is 2.62. The summed E-state index contributed by atoms with van der Waals surface area (Å²) in [5.41, 5.74) is -0.397. The standard InChI is InChI=1S/C17H26O3/c1-17(2,3)16(19)20-13-7-9-5-11(13)15-8-4-10(14(9)15)12(18)6-8/h8-15,18H,4-7H2,1-3H3. The molecule has 0 aromatic heterocycles. The van der Waals surface area contributed by atoms with Crippen LogP contribution >= 0.6 is 0 Å². The molecular formula is C17H26O3. The molecule has 0 saturated heterocycles. The second-order valence-electron chi connectivity index (χ2n) is 8.71. The zero-order valence-electron chi connectivity index (χ0n) is 12.7. The third-order valence-corrected chi connectivity index (χ3v) is 6.59. The lowest BCUT2D eigenvalue weighted by Gasteiger charge is -2.40. The highest BCUT2D eigenvalue weighted by atomic mass is 16.5. The van der Waals surface area contributed by atoms with Crippen molar-refractivity contribution in [2.45, 2.75) is 58.7 Å². The number of aliphatic hydroxyl groups is 1. The van der Waals surface area contributed by atoms with Crippen molar-refractivity contribution >= 4 is 5.97 Å². The van der Waals surface area contributed by atoms with E-state index in [9.17, 15) is 9.90 Å². The van der Waals surface area contributed by atoms with Crippen LogP contribution in [0.2, 0.25) is 0 Å². The van der Waals surface area contributed by atoms with Crippen molar-refractivity contribution in [1.82, 2.24) is 0 Å². The number of esters is 1. The monoisotopic (exact) mass is 278 g/mol. The van der Waals surface area contributed by atoms with E-state index < -0.39 is 5.41 Å². The Labute approximate surface area is 121 Å². The normalized spacial score (nSPS) is 52.4. The van der Waals surface area contributed by atoms with E-state index in [0.717, 1.165) is 24.7 Å². The van der Waals surface area contributed by atoms with Crippen molar-refractivity contribution < 1.29 is 14.6 Å². The highest BCUT2D eigenvalue weighted by molar-refractivity contribution is 5.75. The molecule has 3 nitrogen and oxygen atoms in total. The smallest absolute Gasteiger partial charge is 0.311 e. The fraction of sp³-hybridized carbons (Fsp3) is 0.941. The van der Waals surface area contributed by atoms with Gasteiger partial charge < -0.3 is 9.84 Å². The predicted molar refractivity (Wildman–Crippen MR) is 74.7 cm³/mol. The molecule has 0 aliphatic heterocycles. The van der Waals surface area contributed by atoms with Gasteiger partial charge in [-0.05, 0) is 82.0 Å². The molecule has 4 aliphatic rings. The summed E-state index contributed by atoms with van der Waals surface area (Å²) < 4.78 is 5.85. The van der Waals surface area contributed by atoms with Gasteiger partial charge in [0.25, 0.3) is 0 Å². The lowest BCUT2D eigenvalue weighted by molar-refractivity contribution is -0.164. The molecule has 4 rings (SSSR count). The lowest BCUT2D eigenvalue weighted by atomic mass is 9.69. The van der Waals surface area contributed by atoms with Crippen LogP contribution in [0.4, 0.5) is 0 Å². The highest BCUT2D eigenvalue weighted by Crippen LogP contribution is 2.67. The minimum Gasteiger partial charge on any atom is -0.462 e. The molecule has 20 heavy (non-hydrogen) atoms. The quantitative estimate of drug-likeness (QED) is 0.592. The maximum atomic E-state index is 12.1. The number of hydrogen-bond acceptors (Lipinski definition) is 3. The topological polar surface area (TPSA) is 46.5 Å². The van der Waals surface area contributed by atoms with Gasteiger partial charge in [-0.25, -0.2) is 0 Å². The third-order valence-electron chi connectivity index (χ3n) is 6.59. The SMILES string of the molecule is CC(C)(C)C(=O)OC1CC2CC1C1C3CC(O)C(C3)C21. The van der Waals surface area contributed by atoms with Crippen molar-refractivity contribution in [1.29, 1.82) is 0 Å². The zero-order chi connectivity index (χ0) is 14.2. The number of carbonyl (C=O) groups excluding carboxylic acids is 1. The van der Waals surface area contributed by atoms with Crippen LogP contribution < -0.4 is 0 Å². The molecule has 4 fully saturated rings. The Bertz CT molecular complexity index is 438. The Balaban J connectivity index is 1.50. The number of rotatable bonds is 1. The number of hydrogen-bond donors (Lipinski definition) is 1. The third kappa shape index (κ3) is 1.65. The number of aliphatic hydroxyl groups excluding tert-OH is 1. The van der Waals surface area contributed by atoms with Crippen LogP contribution in [-0.2, 0) is 9.53 Å². The summed E-state index contributed by atoms with van der Waals surface area (Å²) in [6.45, 7) is 5.79. The largest absolute Gasteiger partial charge is 0.462 e. The fourth-order valence-corrected chi connectivity index (χ4v) is 5.95. The van der Waals surface area contributed by atoms with Gasteiger partial charge in [0.2, 0.25) is 0 Å². The fourth-order valence-electron chi connectivity index (χ4n) is 5.95. The van der Waals surface area contributed by atoms with E-state index in [1.54, 1.807) is 0 Å². The molecule has 4 bridgehead atoms. The van der Waals surface area contributed by atoms with E-state index in [0.29, 0.717) is 23.7 Å². The van der Waals surface area contributed by atoms with Crippen LogP contribution in [0.15, 0.2) is 0 Å². The average molecular weight is 278 g/mol. The van der Waals surface area contributed by atoms with Gasteiger partial charge in [0.15, 0.2) is 0 Å². The molecular weight excluding hydrogens is 252 g/mol. The molecule has 0 radical (unpaired) electrons. The second kappa shape index (κ2) is 4.00. The van der Waals surface area contributed by atoms with E-state index in [1.165, 1.54) is 12.8 Å². The maximum absolute atomic E-state index is 12.1. The summed E-state index contributed by atoms with van der Waals surface area (Å²) in [6.07, 6.45) is 4.61. The van der Waals surface area contributed by atoms with E-state index in [-0.39, 0.29) is 18.2 Å². The molecule has 3 heteroatoms.